The Balaban J connectivity index is 1.54. The maximum Gasteiger partial charge on any atom is 0.342 e. The number of aryl methyl sites for hydroxylation is 3. The van der Waals surface area contributed by atoms with E-state index in [1.807, 2.05) is 36.6 Å². The van der Waals surface area contributed by atoms with E-state index < -0.39 is 18.2 Å². The minimum atomic E-state index is -0.710. The second kappa shape index (κ2) is 8.37. The molecule has 0 bridgehead atoms. The third kappa shape index (κ3) is 3.91. The number of nitrogens with zero attached hydrogens (tertiary/aromatic N) is 1. The number of hydrogen-bond donors (Lipinski definition) is 0. The van der Waals surface area contributed by atoms with Gasteiger partial charge in [-0.3, -0.25) is 4.79 Å². The van der Waals surface area contributed by atoms with Gasteiger partial charge in [-0.25, -0.2) is 9.59 Å². The monoisotopic (exact) mass is 437 g/mol. The summed E-state index contributed by atoms with van der Waals surface area (Å²) >= 11 is 0. The molecule has 0 spiro atoms. The average molecular weight is 437 g/mol. The number of fused-ring (bicyclic) bond motifs is 1. The second-order valence-corrected chi connectivity index (χ2v) is 7.63. The molecule has 0 amide bonds. The van der Waals surface area contributed by atoms with Crippen LogP contribution in [0.2, 0.25) is 0 Å². The lowest BCUT2D eigenvalue weighted by atomic mass is 10.1. The number of carbonyl (C=O) groups excluding carboxylic acids is 2. The second-order valence-electron chi connectivity index (χ2n) is 7.63. The van der Waals surface area contributed by atoms with Crippen LogP contribution in [0.15, 0.2) is 39.5 Å². The standard InChI is InChI=1S/C24H23NO7/c1-13-9-22(27)32-16(4)23(13)24(28)31-12-19(26)18-10-14(2)25(15(18)3)17-5-6-20-21(11-17)30-8-7-29-20/h5-6,9-11H,7-8,12H2,1-4H3. The van der Waals surface area contributed by atoms with Crippen LogP contribution in [0.4, 0.5) is 0 Å². The quantitative estimate of drug-likeness (QED) is 0.445. The third-order valence-electron chi connectivity index (χ3n) is 5.39. The van der Waals surface area contributed by atoms with E-state index in [-0.39, 0.29) is 17.1 Å². The molecule has 32 heavy (non-hydrogen) atoms. The lowest BCUT2D eigenvalue weighted by Crippen LogP contribution is -2.18. The summed E-state index contributed by atoms with van der Waals surface area (Å²) in [6.45, 7) is 7.42. The van der Waals surface area contributed by atoms with Gasteiger partial charge in [0, 0.05) is 34.8 Å². The number of hydrogen-bond acceptors (Lipinski definition) is 7. The molecule has 0 N–H and O–H groups in total. The molecule has 1 aromatic carbocycles. The first-order valence-electron chi connectivity index (χ1n) is 10.2. The van der Waals surface area contributed by atoms with Crippen molar-refractivity contribution >= 4 is 11.8 Å². The molecule has 166 valence electrons. The van der Waals surface area contributed by atoms with Crippen molar-refractivity contribution in [1.29, 1.82) is 0 Å². The Morgan fingerprint density at radius 2 is 1.72 bits per heavy atom. The van der Waals surface area contributed by atoms with Crippen molar-refractivity contribution in [2.45, 2.75) is 27.7 Å². The highest BCUT2D eigenvalue weighted by Gasteiger charge is 2.22. The summed E-state index contributed by atoms with van der Waals surface area (Å²) in [5, 5.41) is 0. The van der Waals surface area contributed by atoms with Crippen molar-refractivity contribution in [1.82, 2.24) is 4.57 Å². The van der Waals surface area contributed by atoms with E-state index in [2.05, 4.69) is 0 Å². The minimum Gasteiger partial charge on any atom is -0.486 e. The van der Waals surface area contributed by atoms with Crippen molar-refractivity contribution in [2.75, 3.05) is 19.8 Å². The molecule has 0 saturated heterocycles. The summed E-state index contributed by atoms with van der Waals surface area (Å²) in [5.74, 6) is 0.459. The fourth-order valence-electron chi connectivity index (χ4n) is 3.96. The lowest BCUT2D eigenvalue weighted by molar-refractivity contribution is 0.0469. The first-order chi connectivity index (χ1) is 15.3. The van der Waals surface area contributed by atoms with Crippen molar-refractivity contribution in [3.05, 3.63) is 74.6 Å². The van der Waals surface area contributed by atoms with Gasteiger partial charge in [-0.2, -0.15) is 0 Å². The molecule has 0 atom stereocenters. The fraction of sp³-hybridized carbons (Fsp3) is 0.292. The van der Waals surface area contributed by atoms with Gasteiger partial charge >= 0.3 is 11.6 Å². The normalized spacial score (nSPS) is 12.5. The van der Waals surface area contributed by atoms with E-state index in [1.165, 1.54) is 13.0 Å². The molecule has 0 saturated carbocycles. The number of ketones is 1. The zero-order valence-corrected chi connectivity index (χ0v) is 18.3. The van der Waals surface area contributed by atoms with Gasteiger partial charge in [0.15, 0.2) is 18.1 Å². The van der Waals surface area contributed by atoms with Gasteiger partial charge in [0.05, 0.1) is 0 Å². The van der Waals surface area contributed by atoms with Gasteiger partial charge in [0.1, 0.15) is 24.5 Å². The first kappa shape index (κ1) is 21.4. The summed E-state index contributed by atoms with van der Waals surface area (Å²) in [7, 11) is 0. The number of carbonyl (C=O) groups is 2. The van der Waals surface area contributed by atoms with Crippen LogP contribution in [-0.2, 0) is 4.74 Å². The molecule has 2 aromatic heterocycles. The van der Waals surface area contributed by atoms with E-state index in [0.717, 1.165) is 17.1 Å². The predicted octanol–water partition coefficient (Wildman–Crippen LogP) is 3.48. The zero-order valence-electron chi connectivity index (χ0n) is 18.3. The van der Waals surface area contributed by atoms with Crippen molar-refractivity contribution < 1.29 is 28.2 Å². The van der Waals surface area contributed by atoms with Crippen molar-refractivity contribution in [2.24, 2.45) is 0 Å². The predicted molar refractivity (Wildman–Crippen MR) is 115 cm³/mol. The summed E-state index contributed by atoms with van der Waals surface area (Å²) in [5.41, 5.74) is 2.92. The molecular formula is C24H23NO7. The molecule has 8 heteroatoms. The Labute approximate surface area is 184 Å². The van der Waals surface area contributed by atoms with Crippen LogP contribution in [0.25, 0.3) is 5.69 Å². The van der Waals surface area contributed by atoms with Crippen molar-refractivity contribution in [3.8, 4) is 17.2 Å². The number of rotatable bonds is 5. The van der Waals surface area contributed by atoms with Gasteiger partial charge in [-0.15, -0.1) is 0 Å². The number of benzene rings is 1. The number of esters is 1. The van der Waals surface area contributed by atoms with Gasteiger partial charge < -0.3 is 23.2 Å². The Morgan fingerprint density at radius 1 is 1.00 bits per heavy atom. The maximum absolute atomic E-state index is 12.8. The highest BCUT2D eigenvalue weighted by atomic mass is 16.6. The average Bonchev–Trinajstić information content (AvgIpc) is 3.05. The molecule has 8 nitrogen and oxygen atoms in total. The van der Waals surface area contributed by atoms with Crippen LogP contribution < -0.4 is 15.1 Å². The van der Waals surface area contributed by atoms with Gasteiger partial charge in [-0.05, 0) is 51.5 Å². The Kier molecular flexibility index (Phi) is 5.61. The highest BCUT2D eigenvalue weighted by Crippen LogP contribution is 2.33. The van der Waals surface area contributed by atoms with Crippen molar-refractivity contribution in [3.63, 3.8) is 0 Å². The van der Waals surface area contributed by atoms with E-state index >= 15 is 0 Å². The third-order valence-corrected chi connectivity index (χ3v) is 5.39. The molecule has 0 aliphatic carbocycles. The van der Waals surface area contributed by atoms with E-state index in [1.54, 1.807) is 13.0 Å². The molecule has 4 rings (SSSR count). The summed E-state index contributed by atoms with van der Waals surface area (Å²) in [6.07, 6.45) is 0. The van der Waals surface area contributed by atoms with E-state index in [9.17, 15) is 14.4 Å². The Hall–Kier alpha value is -3.81. The van der Waals surface area contributed by atoms with E-state index in [4.69, 9.17) is 18.6 Å². The van der Waals surface area contributed by atoms with Gasteiger partial charge in [0.2, 0.25) is 5.78 Å². The summed E-state index contributed by atoms with van der Waals surface area (Å²) in [4.78, 5) is 36.7. The Bertz CT molecular complexity index is 1260. The summed E-state index contributed by atoms with van der Waals surface area (Å²) < 4.78 is 23.4. The first-order valence-corrected chi connectivity index (χ1v) is 10.2. The van der Waals surface area contributed by atoms with Crippen LogP contribution in [-0.4, -0.2) is 36.1 Å². The zero-order chi connectivity index (χ0) is 23.0. The van der Waals surface area contributed by atoms with Crippen LogP contribution in [0.1, 0.15) is 43.4 Å². The topological polar surface area (TPSA) is 97.0 Å². The SMILES string of the molecule is Cc1cc(=O)oc(C)c1C(=O)OCC(=O)c1cc(C)n(-c2ccc3c(c2)OCCO3)c1C. The molecule has 3 heterocycles. The summed E-state index contributed by atoms with van der Waals surface area (Å²) in [6, 6.07) is 8.59. The van der Waals surface area contributed by atoms with E-state index in [0.29, 0.717) is 35.8 Å². The molecule has 3 aromatic rings. The van der Waals surface area contributed by atoms with Crippen LogP contribution >= 0.6 is 0 Å². The number of Topliss-reactive ketones (excluding diaryl/α,β-unsaturated/α-hetero) is 1. The van der Waals surface area contributed by atoms with Gasteiger partial charge in [0.25, 0.3) is 0 Å². The molecule has 0 unspecified atom stereocenters. The smallest absolute Gasteiger partial charge is 0.342 e. The fourth-order valence-corrected chi connectivity index (χ4v) is 3.96. The van der Waals surface area contributed by atoms with Crippen LogP contribution in [0, 0.1) is 27.7 Å². The minimum absolute atomic E-state index is 0.152. The van der Waals surface area contributed by atoms with Gasteiger partial charge in [-0.1, -0.05) is 0 Å². The van der Waals surface area contributed by atoms with Crippen LogP contribution in [0.3, 0.4) is 0 Å². The maximum atomic E-state index is 12.8. The number of ether oxygens (including phenoxy) is 3. The van der Waals surface area contributed by atoms with Crippen LogP contribution in [0.5, 0.6) is 11.5 Å². The molecule has 0 fully saturated rings. The Morgan fingerprint density at radius 3 is 2.44 bits per heavy atom. The number of aromatic nitrogens is 1. The molecular weight excluding hydrogens is 414 g/mol. The largest absolute Gasteiger partial charge is 0.486 e. The molecule has 1 aliphatic heterocycles. The lowest BCUT2D eigenvalue weighted by Gasteiger charge is -2.20. The molecule has 0 radical (unpaired) electrons. The molecule has 1 aliphatic rings. The highest BCUT2D eigenvalue weighted by molar-refractivity contribution is 6.01.